The maximum absolute atomic E-state index is 10.6. The Hall–Kier alpha value is -1.83. The van der Waals surface area contributed by atoms with E-state index in [9.17, 15) is 13.2 Å². The molecule has 0 bridgehead atoms. The topological polar surface area (TPSA) is 75.3 Å². The molecular weight excluding hydrogens is 257 g/mol. The summed E-state index contributed by atoms with van der Waals surface area (Å²) >= 11 is 4.64. The van der Waals surface area contributed by atoms with Gasteiger partial charge in [0.25, 0.3) is 0 Å². The number of nitrogens with two attached hydrogens (primary N) is 1. The van der Waals surface area contributed by atoms with Gasteiger partial charge in [-0.3, -0.25) is 0 Å². The van der Waals surface area contributed by atoms with Gasteiger partial charge < -0.3 is 16.2 Å². The fourth-order valence-electron chi connectivity index (χ4n) is 0.664. The van der Waals surface area contributed by atoms with Gasteiger partial charge in [0, 0.05) is 5.69 Å². The summed E-state index contributed by atoms with van der Waals surface area (Å²) in [7, 11) is 0. The zero-order valence-electron chi connectivity index (χ0n) is 8.36. The second-order valence-electron chi connectivity index (χ2n) is 2.66. The minimum Gasteiger partial charge on any atom is -0.475 e. The number of carboxylic acid groups (broad SMARTS) is 1. The number of nitrogens with one attached hydrogen (secondary N) is 1. The Bertz CT molecular complexity index is 382. The van der Waals surface area contributed by atoms with Crippen molar-refractivity contribution in [3.05, 3.63) is 30.3 Å². The molecule has 17 heavy (non-hydrogen) atoms. The number of aliphatic carboxylic acids is 1. The first-order valence-electron chi connectivity index (χ1n) is 4.15. The van der Waals surface area contributed by atoms with Crippen LogP contribution in [0.5, 0.6) is 0 Å². The van der Waals surface area contributed by atoms with E-state index in [1.54, 1.807) is 0 Å². The molecule has 0 aliphatic rings. The van der Waals surface area contributed by atoms with E-state index in [1.807, 2.05) is 30.3 Å². The third kappa shape index (κ3) is 8.03. The van der Waals surface area contributed by atoms with Gasteiger partial charge in [0.15, 0.2) is 5.11 Å². The molecule has 0 saturated carbocycles. The Labute approximate surface area is 100 Å². The van der Waals surface area contributed by atoms with Crippen molar-refractivity contribution in [2.24, 2.45) is 5.73 Å². The molecule has 0 aliphatic heterocycles. The molecule has 0 aromatic heterocycles. The van der Waals surface area contributed by atoms with Crippen LogP contribution >= 0.6 is 12.2 Å². The summed E-state index contributed by atoms with van der Waals surface area (Å²) in [5.74, 6) is -2.76. The molecule has 0 aliphatic carbocycles. The molecule has 1 aromatic carbocycles. The first-order chi connectivity index (χ1) is 7.73. The van der Waals surface area contributed by atoms with Crippen molar-refractivity contribution in [3.8, 4) is 0 Å². The van der Waals surface area contributed by atoms with E-state index >= 15 is 0 Å². The number of thiocarbonyl (C=S) groups is 1. The van der Waals surface area contributed by atoms with Gasteiger partial charge in [0.2, 0.25) is 0 Å². The molecule has 4 N–H and O–H groups in total. The van der Waals surface area contributed by atoms with E-state index in [2.05, 4.69) is 17.5 Å². The highest BCUT2D eigenvalue weighted by atomic mass is 32.1. The van der Waals surface area contributed by atoms with E-state index < -0.39 is 12.1 Å². The highest BCUT2D eigenvalue weighted by Crippen LogP contribution is 2.13. The van der Waals surface area contributed by atoms with Crippen molar-refractivity contribution in [3.63, 3.8) is 0 Å². The Morgan fingerprint density at radius 2 is 1.71 bits per heavy atom. The van der Waals surface area contributed by atoms with Gasteiger partial charge in [-0.15, -0.1) is 0 Å². The summed E-state index contributed by atoms with van der Waals surface area (Å²) in [4.78, 5) is 8.90. The van der Waals surface area contributed by atoms with Gasteiger partial charge in [0.1, 0.15) is 0 Å². The summed E-state index contributed by atoms with van der Waals surface area (Å²) in [6, 6.07) is 9.57. The lowest BCUT2D eigenvalue weighted by molar-refractivity contribution is -0.192. The highest BCUT2D eigenvalue weighted by molar-refractivity contribution is 7.80. The monoisotopic (exact) mass is 266 g/mol. The van der Waals surface area contributed by atoms with Gasteiger partial charge in [-0.1, -0.05) is 18.2 Å². The van der Waals surface area contributed by atoms with Gasteiger partial charge in [-0.05, 0) is 24.4 Å². The van der Waals surface area contributed by atoms with Crippen LogP contribution in [0.4, 0.5) is 18.9 Å². The van der Waals surface area contributed by atoms with Crippen LogP contribution in [0.2, 0.25) is 0 Å². The minimum atomic E-state index is -5.08. The maximum Gasteiger partial charge on any atom is 0.490 e. The second-order valence-corrected chi connectivity index (χ2v) is 3.10. The first-order valence-corrected chi connectivity index (χ1v) is 4.56. The SMILES string of the molecule is NC(=S)Nc1ccccc1.O=C(O)C(F)(F)F. The standard InChI is InChI=1S/C7H8N2S.C2HF3O2/c8-7(10)9-6-4-2-1-3-5-6;3-2(4,5)1(6)7/h1-5H,(H3,8,9,10);(H,6,7). The van der Waals surface area contributed by atoms with Crippen molar-refractivity contribution in [1.29, 1.82) is 0 Å². The summed E-state index contributed by atoms with van der Waals surface area (Å²) in [5.41, 5.74) is 6.17. The Morgan fingerprint density at radius 1 is 1.29 bits per heavy atom. The maximum atomic E-state index is 10.6. The number of carbonyl (C=O) groups is 1. The third-order valence-electron chi connectivity index (χ3n) is 1.28. The van der Waals surface area contributed by atoms with E-state index in [1.165, 1.54) is 0 Å². The molecule has 0 heterocycles. The first kappa shape index (κ1) is 15.2. The fraction of sp³-hybridized carbons (Fsp3) is 0.111. The summed E-state index contributed by atoms with van der Waals surface area (Å²) in [6.45, 7) is 0. The van der Waals surface area contributed by atoms with Gasteiger partial charge in [0.05, 0.1) is 0 Å². The van der Waals surface area contributed by atoms with Crippen LogP contribution in [0.25, 0.3) is 0 Å². The average Bonchev–Trinajstić information content (AvgIpc) is 2.17. The third-order valence-corrected chi connectivity index (χ3v) is 1.39. The molecule has 0 unspecified atom stereocenters. The zero-order valence-corrected chi connectivity index (χ0v) is 9.18. The number of para-hydroxylation sites is 1. The normalized spacial score (nSPS) is 9.82. The molecular formula is C9H9F3N2O2S. The van der Waals surface area contributed by atoms with Crippen molar-refractivity contribution < 1.29 is 23.1 Å². The van der Waals surface area contributed by atoms with Crippen LogP contribution in [-0.4, -0.2) is 22.4 Å². The van der Waals surface area contributed by atoms with Gasteiger partial charge >= 0.3 is 12.1 Å². The molecule has 4 nitrogen and oxygen atoms in total. The molecule has 8 heteroatoms. The molecule has 0 fully saturated rings. The molecule has 0 amide bonds. The van der Waals surface area contributed by atoms with E-state index in [0.717, 1.165) is 5.69 Å². The second kappa shape index (κ2) is 6.69. The van der Waals surface area contributed by atoms with Crippen LogP contribution in [-0.2, 0) is 4.79 Å². The predicted octanol–water partition coefficient (Wildman–Crippen LogP) is 1.98. The van der Waals surface area contributed by atoms with Crippen LogP contribution in [0.1, 0.15) is 0 Å². The van der Waals surface area contributed by atoms with E-state index in [-0.39, 0.29) is 0 Å². The summed E-state index contributed by atoms with van der Waals surface area (Å²) in [6.07, 6.45) is -5.08. The lowest BCUT2D eigenvalue weighted by Gasteiger charge is -2.00. The lowest BCUT2D eigenvalue weighted by Crippen LogP contribution is -2.21. The number of carboxylic acids is 1. The lowest BCUT2D eigenvalue weighted by atomic mass is 10.3. The van der Waals surface area contributed by atoms with E-state index in [4.69, 9.17) is 15.6 Å². The van der Waals surface area contributed by atoms with Gasteiger partial charge in [-0.2, -0.15) is 13.2 Å². The fourth-order valence-corrected chi connectivity index (χ4v) is 0.782. The van der Waals surface area contributed by atoms with Crippen LogP contribution in [0.3, 0.4) is 0 Å². The number of rotatable bonds is 1. The van der Waals surface area contributed by atoms with Crippen LogP contribution < -0.4 is 11.1 Å². The molecule has 1 aromatic rings. The van der Waals surface area contributed by atoms with E-state index in [0.29, 0.717) is 5.11 Å². The molecule has 94 valence electrons. The van der Waals surface area contributed by atoms with Gasteiger partial charge in [-0.25, -0.2) is 4.79 Å². The largest absolute Gasteiger partial charge is 0.490 e. The highest BCUT2D eigenvalue weighted by Gasteiger charge is 2.38. The molecule has 0 atom stereocenters. The Balaban J connectivity index is 0.000000325. The van der Waals surface area contributed by atoms with Crippen LogP contribution in [0.15, 0.2) is 30.3 Å². The Kier molecular flexibility index (Phi) is 5.97. The molecule has 1 rings (SSSR count). The average molecular weight is 266 g/mol. The van der Waals surface area contributed by atoms with Crippen molar-refractivity contribution in [2.75, 3.05) is 5.32 Å². The Morgan fingerprint density at radius 3 is 2.00 bits per heavy atom. The molecule has 0 radical (unpaired) electrons. The smallest absolute Gasteiger partial charge is 0.475 e. The zero-order chi connectivity index (χ0) is 13.5. The van der Waals surface area contributed by atoms with Crippen LogP contribution in [0, 0.1) is 0 Å². The van der Waals surface area contributed by atoms with Crippen molar-refractivity contribution >= 4 is 29.0 Å². The predicted molar refractivity (Wildman–Crippen MR) is 60.5 cm³/mol. The number of anilines is 1. The number of benzene rings is 1. The summed E-state index contributed by atoms with van der Waals surface area (Å²) in [5, 5.41) is 10.2. The number of hydrogen-bond donors (Lipinski definition) is 3. The molecule has 0 spiro atoms. The quantitative estimate of drug-likeness (QED) is 0.678. The number of alkyl halides is 3. The molecule has 0 saturated heterocycles. The number of hydrogen-bond acceptors (Lipinski definition) is 2. The van der Waals surface area contributed by atoms with Crippen molar-refractivity contribution in [1.82, 2.24) is 0 Å². The summed E-state index contributed by atoms with van der Waals surface area (Å²) < 4.78 is 31.7. The van der Waals surface area contributed by atoms with Crippen molar-refractivity contribution in [2.45, 2.75) is 6.18 Å². The minimum absolute atomic E-state index is 0.297. The number of halogens is 3.